The van der Waals surface area contributed by atoms with Gasteiger partial charge in [0.2, 0.25) is 12.7 Å². The summed E-state index contributed by atoms with van der Waals surface area (Å²) >= 11 is 0. The van der Waals surface area contributed by atoms with Crippen molar-refractivity contribution in [3.63, 3.8) is 0 Å². The fourth-order valence-corrected chi connectivity index (χ4v) is 3.27. The highest BCUT2D eigenvalue weighted by Crippen LogP contribution is 2.39. The average Bonchev–Trinajstić information content (AvgIpc) is 3.28. The molecule has 160 valence electrons. The molecular formula is C22H21N3O6. The van der Waals surface area contributed by atoms with Crippen molar-refractivity contribution in [2.75, 3.05) is 25.3 Å². The van der Waals surface area contributed by atoms with E-state index in [2.05, 4.69) is 10.6 Å². The molecule has 1 saturated heterocycles. The molecule has 2 aliphatic heterocycles. The molecule has 0 aliphatic carbocycles. The second kappa shape index (κ2) is 8.39. The molecule has 4 rings (SSSR count). The molecule has 0 spiro atoms. The lowest BCUT2D eigenvalue weighted by molar-refractivity contribution is -0.127. The van der Waals surface area contributed by atoms with Crippen molar-refractivity contribution < 1.29 is 28.6 Å². The Morgan fingerprint density at radius 2 is 2.00 bits per heavy atom. The van der Waals surface area contributed by atoms with E-state index in [1.807, 2.05) is 19.9 Å². The molecule has 0 saturated carbocycles. The lowest BCUT2D eigenvalue weighted by atomic mass is 10.1. The maximum Gasteiger partial charge on any atom is 0.329 e. The summed E-state index contributed by atoms with van der Waals surface area (Å²) in [7, 11) is 0. The van der Waals surface area contributed by atoms with E-state index < -0.39 is 24.4 Å². The molecule has 2 N–H and O–H groups in total. The van der Waals surface area contributed by atoms with Crippen LogP contribution in [-0.4, -0.2) is 42.7 Å². The van der Waals surface area contributed by atoms with Crippen molar-refractivity contribution >= 4 is 29.6 Å². The van der Waals surface area contributed by atoms with Crippen LogP contribution in [0.2, 0.25) is 0 Å². The van der Waals surface area contributed by atoms with E-state index in [1.165, 1.54) is 6.08 Å². The van der Waals surface area contributed by atoms with Crippen LogP contribution >= 0.6 is 0 Å². The van der Waals surface area contributed by atoms with E-state index >= 15 is 0 Å². The maximum absolute atomic E-state index is 12.8. The van der Waals surface area contributed by atoms with Gasteiger partial charge in [0.05, 0.1) is 6.61 Å². The molecule has 0 bridgehead atoms. The second-order valence-corrected chi connectivity index (χ2v) is 6.97. The molecule has 0 atom stereocenters. The Morgan fingerprint density at radius 1 is 1.23 bits per heavy atom. The van der Waals surface area contributed by atoms with Crippen LogP contribution < -0.4 is 24.8 Å². The Kier molecular flexibility index (Phi) is 5.48. The number of carbonyl (C=O) groups excluding carboxylic acids is 3. The number of aryl methyl sites for hydroxylation is 1. The van der Waals surface area contributed by atoms with E-state index in [4.69, 9.17) is 14.2 Å². The minimum Gasteiger partial charge on any atom is -0.493 e. The predicted octanol–water partition coefficient (Wildman–Crippen LogP) is 2.65. The van der Waals surface area contributed by atoms with Gasteiger partial charge in [-0.25, -0.2) is 9.69 Å². The van der Waals surface area contributed by atoms with Crippen LogP contribution in [0, 0.1) is 6.92 Å². The molecule has 2 aromatic rings. The highest BCUT2D eigenvalue weighted by molar-refractivity contribution is 6.16. The number of amides is 4. The van der Waals surface area contributed by atoms with Gasteiger partial charge in [-0.3, -0.25) is 9.59 Å². The number of rotatable bonds is 6. The first-order valence-corrected chi connectivity index (χ1v) is 9.72. The third-order valence-corrected chi connectivity index (χ3v) is 4.67. The molecule has 0 unspecified atom stereocenters. The molecule has 9 nitrogen and oxygen atoms in total. The Morgan fingerprint density at radius 3 is 2.74 bits per heavy atom. The lowest BCUT2D eigenvalue weighted by Gasteiger charge is -2.12. The SMILES string of the molecule is CCOc1cc2c(cc1/C=C1\NC(=O)N(CC(=O)Nc3cccc(C)c3)C1=O)OCO2. The third kappa shape index (κ3) is 4.30. The van der Waals surface area contributed by atoms with Gasteiger partial charge in [-0.1, -0.05) is 12.1 Å². The molecule has 4 amide bonds. The largest absolute Gasteiger partial charge is 0.493 e. The van der Waals surface area contributed by atoms with Gasteiger partial charge in [0.25, 0.3) is 5.91 Å². The number of hydrogen-bond donors (Lipinski definition) is 2. The molecule has 2 aliphatic rings. The van der Waals surface area contributed by atoms with Crippen molar-refractivity contribution in [3.05, 3.63) is 53.2 Å². The smallest absolute Gasteiger partial charge is 0.329 e. The molecule has 2 aromatic carbocycles. The number of fused-ring (bicyclic) bond motifs is 1. The van der Waals surface area contributed by atoms with Crippen molar-refractivity contribution in [1.82, 2.24) is 10.2 Å². The topological polar surface area (TPSA) is 106 Å². The quantitative estimate of drug-likeness (QED) is 0.547. The van der Waals surface area contributed by atoms with Gasteiger partial charge in [0, 0.05) is 17.3 Å². The van der Waals surface area contributed by atoms with Crippen LogP contribution in [0.5, 0.6) is 17.2 Å². The van der Waals surface area contributed by atoms with Crippen molar-refractivity contribution in [1.29, 1.82) is 0 Å². The number of benzene rings is 2. The van der Waals surface area contributed by atoms with Crippen LogP contribution in [0.4, 0.5) is 10.5 Å². The number of carbonyl (C=O) groups is 3. The van der Waals surface area contributed by atoms with Crippen LogP contribution in [0.25, 0.3) is 6.08 Å². The molecule has 2 heterocycles. The zero-order valence-corrected chi connectivity index (χ0v) is 17.1. The summed E-state index contributed by atoms with van der Waals surface area (Å²) in [5.74, 6) is 0.457. The van der Waals surface area contributed by atoms with Crippen molar-refractivity contribution in [2.45, 2.75) is 13.8 Å². The van der Waals surface area contributed by atoms with Gasteiger partial charge in [-0.15, -0.1) is 0 Å². The first-order valence-electron chi connectivity index (χ1n) is 9.72. The highest BCUT2D eigenvalue weighted by Gasteiger charge is 2.35. The second-order valence-electron chi connectivity index (χ2n) is 6.97. The summed E-state index contributed by atoms with van der Waals surface area (Å²) in [4.78, 5) is 38.3. The first-order chi connectivity index (χ1) is 14.9. The van der Waals surface area contributed by atoms with Crippen molar-refractivity contribution in [2.24, 2.45) is 0 Å². The van der Waals surface area contributed by atoms with E-state index in [0.717, 1.165) is 10.5 Å². The molecule has 31 heavy (non-hydrogen) atoms. The lowest BCUT2D eigenvalue weighted by Crippen LogP contribution is -2.38. The normalized spacial score (nSPS) is 15.9. The summed E-state index contributed by atoms with van der Waals surface area (Å²) in [5.41, 5.74) is 2.15. The molecule has 1 fully saturated rings. The fourth-order valence-electron chi connectivity index (χ4n) is 3.27. The van der Waals surface area contributed by atoms with Crippen molar-refractivity contribution in [3.8, 4) is 17.2 Å². The fraction of sp³-hybridized carbons (Fsp3) is 0.227. The number of anilines is 1. The minimum absolute atomic E-state index is 0.0353. The minimum atomic E-state index is -0.672. The van der Waals surface area contributed by atoms with Crippen LogP contribution in [0.15, 0.2) is 42.1 Å². The number of hydrogen-bond acceptors (Lipinski definition) is 6. The van der Waals surface area contributed by atoms with E-state index in [1.54, 1.807) is 30.3 Å². The Labute approximate surface area is 178 Å². The standard InChI is InChI=1S/C22H21N3O6/c1-3-29-17-10-19-18(30-12-31-19)9-14(17)8-16-21(27)25(22(28)24-16)11-20(26)23-15-6-4-5-13(2)7-15/h4-10H,3,11-12H2,1-2H3,(H,23,26)(H,24,28)/b16-8-. The number of nitrogens with one attached hydrogen (secondary N) is 2. The summed E-state index contributed by atoms with van der Waals surface area (Å²) in [5, 5.41) is 5.20. The zero-order chi connectivity index (χ0) is 22.0. The zero-order valence-electron chi connectivity index (χ0n) is 17.1. The van der Waals surface area contributed by atoms with Crippen LogP contribution in [-0.2, 0) is 9.59 Å². The molecule has 0 aromatic heterocycles. The van der Waals surface area contributed by atoms with E-state index in [-0.39, 0.29) is 12.5 Å². The van der Waals surface area contributed by atoms with Gasteiger partial charge in [0.1, 0.15) is 18.0 Å². The molecule has 9 heteroatoms. The van der Waals surface area contributed by atoms with Gasteiger partial charge < -0.3 is 24.8 Å². The van der Waals surface area contributed by atoms with Gasteiger partial charge in [0.15, 0.2) is 11.5 Å². The third-order valence-electron chi connectivity index (χ3n) is 4.67. The number of ether oxygens (including phenoxy) is 3. The Hall–Kier alpha value is -4.01. The Balaban J connectivity index is 1.52. The summed E-state index contributed by atoms with van der Waals surface area (Å²) < 4.78 is 16.4. The van der Waals surface area contributed by atoms with Gasteiger partial charge in [-0.2, -0.15) is 0 Å². The van der Waals surface area contributed by atoms with Crippen LogP contribution in [0.1, 0.15) is 18.1 Å². The van der Waals surface area contributed by atoms with Crippen LogP contribution in [0.3, 0.4) is 0 Å². The predicted molar refractivity (Wildman–Crippen MR) is 112 cm³/mol. The molecular weight excluding hydrogens is 402 g/mol. The number of imide groups is 1. The van der Waals surface area contributed by atoms with E-state index in [9.17, 15) is 14.4 Å². The summed E-state index contributed by atoms with van der Waals surface area (Å²) in [6, 6.07) is 9.91. The Bertz CT molecular complexity index is 1090. The van der Waals surface area contributed by atoms with E-state index in [0.29, 0.717) is 35.1 Å². The van der Waals surface area contributed by atoms with Gasteiger partial charge >= 0.3 is 6.03 Å². The number of urea groups is 1. The highest BCUT2D eigenvalue weighted by atomic mass is 16.7. The summed E-state index contributed by atoms with van der Waals surface area (Å²) in [6.07, 6.45) is 1.49. The van der Waals surface area contributed by atoms with Gasteiger partial charge in [-0.05, 0) is 43.7 Å². The summed E-state index contributed by atoms with van der Waals surface area (Å²) in [6.45, 7) is 3.83. The molecule has 0 radical (unpaired) electrons. The monoisotopic (exact) mass is 423 g/mol. The average molecular weight is 423 g/mol. The number of nitrogens with zero attached hydrogens (tertiary/aromatic N) is 1. The first kappa shape index (κ1) is 20.3. The maximum atomic E-state index is 12.8.